The summed E-state index contributed by atoms with van der Waals surface area (Å²) in [6.07, 6.45) is 5.13. The van der Waals surface area contributed by atoms with Gasteiger partial charge in [-0.15, -0.1) is 0 Å². The van der Waals surface area contributed by atoms with Crippen molar-refractivity contribution in [2.45, 2.75) is 6.92 Å². The number of pyridine rings is 1. The summed E-state index contributed by atoms with van der Waals surface area (Å²) in [6.45, 7) is 1.38. The molecule has 1 aromatic carbocycles. The molecule has 4 rings (SSSR count). The summed E-state index contributed by atoms with van der Waals surface area (Å²) in [5.41, 5.74) is 3.92. The third-order valence-electron chi connectivity index (χ3n) is 3.85. The number of hydrogen-bond donors (Lipinski definition) is 1. The quantitative estimate of drug-likeness (QED) is 0.615. The fourth-order valence-corrected chi connectivity index (χ4v) is 2.76. The number of benzene rings is 1. The highest BCUT2D eigenvalue weighted by Crippen LogP contribution is 2.25. The Morgan fingerprint density at radius 2 is 1.88 bits per heavy atom. The molecule has 0 aliphatic heterocycles. The molecule has 0 spiro atoms. The van der Waals surface area contributed by atoms with Crippen LogP contribution >= 0.6 is 0 Å². The first-order valence-electron chi connectivity index (χ1n) is 7.94. The average Bonchev–Trinajstić information content (AvgIpc) is 3.04. The van der Waals surface area contributed by atoms with E-state index in [-0.39, 0.29) is 5.91 Å². The predicted octanol–water partition coefficient (Wildman–Crippen LogP) is 3.56. The highest BCUT2D eigenvalue weighted by Gasteiger charge is 2.10. The van der Waals surface area contributed by atoms with Gasteiger partial charge in [0.25, 0.3) is 0 Å². The van der Waals surface area contributed by atoms with E-state index in [0.29, 0.717) is 22.6 Å². The van der Waals surface area contributed by atoms with Crippen LogP contribution in [0.4, 0.5) is 10.1 Å². The zero-order valence-corrected chi connectivity index (χ0v) is 13.8. The van der Waals surface area contributed by atoms with Crippen LogP contribution in [0.15, 0.2) is 61.1 Å². The molecule has 0 unspecified atom stereocenters. The number of halogens is 1. The maximum absolute atomic E-state index is 14.0. The van der Waals surface area contributed by atoms with E-state index in [2.05, 4.69) is 20.4 Å². The molecule has 0 atom stereocenters. The number of rotatable bonds is 3. The third kappa shape index (κ3) is 3.02. The van der Waals surface area contributed by atoms with Crippen molar-refractivity contribution in [3.05, 3.63) is 66.9 Å². The summed E-state index contributed by atoms with van der Waals surface area (Å²) in [5, 5.41) is 7.19. The molecule has 7 heteroatoms. The Hall–Kier alpha value is -3.61. The molecule has 0 fully saturated rings. The van der Waals surface area contributed by atoms with E-state index in [9.17, 15) is 9.18 Å². The summed E-state index contributed by atoms with van der Waals surface area (Å²) >= 11 is 0. The molecule has 26 heavy (non-hydrogen) atoms. The average molecular weight is 347 g/mol. The van der Waals surface area contributed by atoms with Crippen molar-refractivity contribution in [3.8, 4) is 22.5 Å². The smallest absolute Gasteiger partial charge is 0.221 e. The van der Waals surface area contributed by atoms with Crippen LogP contribution in [0, 0.1) is 5.82 Å². The summed E-state index contributed by atoms with van der Waals surface area (Å²) in [4.78, 5) is 19.6. The Kier molecular flexibility index (Phi) is 3.89. The molecular weight excluding hydrogens is 333 g/mol. The van der Waals surface area contributed by atoms with Gasteiger partial charge in [-0.1, -0.05) is 0 Å². The van der Waals surface area contributed by atoms with E-state index < -0.39 is 5.82 Å². The van der Waals surface area contributed by atoms with Gasteiger partial charge in [0.15, 0.2) is 5.65 Å². The number of imidazole rings is 1. The van der Waals surface area contributed by atoms with Crippen LogP contribution in [-0.4, -0.2) is 25.5 Å². The van der Waals surface area contributed by atoms with Gasteiger partial charge < -0.3 is 5.32 Å². The van der Waals surface area contributed by atoms with Crippen LogP contribution in [0.2, 0.25) is 0 Å². The lowest BCUT2D eigenvalue weighted by molar-refractivity contribution is -0.114. The van der Waals surface area contributed by atoms with Gasteiger partial charge in [0, 0.05) is 36.1 Å². The molecule has 0 bridgehead atoms. The van der Waals surface area contributed by atoms with E-state index in [4.69, 9.17) is 0 Å². The Balaban J connectivity index is 1.83. The van der Waals surface area contributed by atoms with Crippen LogP contribution in [0.25, 0.3) is 28.2 Å². The molecule has 6 nitrogen and oxygen atoms in total. The van der Waals surface area contributed by atoms with E-state index >= 15 is 0 Å². The first kappa shape index (κ1) is 15.9. The minimum absolute atomic E-state index is 0.264. The number of hydrogen-bond acceptors (Lipinski definition) is 4. The van der Waals surface area contributed by atoms with E-state index in [1.165, 1.54) is 19.1 Å². The fraction of sp³-hybridized carbons (Fsp3) is 0.0526. The number of amides is 1. The second-order valence-corrected chi connectivity index (χ2v) is 5.78. The normalized spacial score (nSPS) is 10.8. The van der Waals surface area contributed by atoms with Crippen molar-refractivity contribution in [1.29, 1.82) is 0 Å². The van der Waals surface area contributed by atoms with Gasteiger partial charge in [-0.25, -0.2) is 13.9 Å². The summed E-state index contributed by atoms with van der Waals surface area (Å²) < 4.78 is 15.7. The number of anilines is 1. The topological polar surface area (TPSA) is 72.2 Å². The second-order valence-electron chi connectivity index (χ2n) is 5.78. The molecule has 1 amide bonds. The van der Waals surface area contributed by atoms with Crippen LogP contribution in [0.3, 0.4) is 0 Å². The van der Waals surface area contributed by atoms with E-state index in [0.717, 1.165) is 11.3 Å². The van der Waals surface area contributed by atoms with Gasteiger partial charge in [0.2, 0.25) is 5.91 Å². The predicted molar refractivity (Wildman–Crippen MR) is 95.9 cm³/mol. The lowest BCUT2D eigenvalue weighted by atomic mass is 10.1. The first-order valence-corrected chi connectivity index (χ1v) is 7.94. The third-order valence-corrected chi connectivity index (χ3v) is 3.85. The summed E-state index contributed by atoms with van der Waals surface area (Å²) in [7, 11) is 0. The molecule has 128 valence electrons. The fourth-order valence-electron chi connectivity index (χ4n) is 2.76. The number of nitrogens with one attached hydrogen (secondary N) is 1. The molecule has 0 saturated carbocycles. The summed E-state index contributed by atoms with van der Waals surface area (Å²) in [6, 6.07) is 11.7. The monoisotopic (exact) mass is 347 g/mol. The van der Waals surface area contributed by atoms with Gasteiger partial charge in [-0.05, 0) is 42.5 Å². The lowest BCUT2D eigenvalue weighted by Gasteiger charge is -2.08. The molecular formula is C19H14FN5O. The zero-order valence-electron chi connectivity index (χ0n) is 13.8. The second kappa shape index (κ2) is 6.36. The van der Waals surface area contributed by atoms with Crippen LogP contribution in [0.5, 0.6) is 0 Å². The molecule has 0 radical (unpaired) electrons. The standard InChI is InChI=1S/C19H14FN5O/c1-12(26)23-16-9-14(8-15(20)10-16)17-2-3-19-22-11-18(25(19)24-17)13-4-6-21-7-5-13/h2-11H,1H3,(H,23,26). The lowest BCUT2D eigenvalue weighted by Crippen LogP contribution is -2.06. The number of fused-ring (bicyclic) bond motifs is 1. The van der Waals surface area contributed by atoms with Gasteiger partial charge in [0.1, 0.15) is 5.82 Å². The first-order chi connectivity index (χ1) is 12.6. The summed E-state index contributed by atoms with van der Waals surface area (Å²) in [5.74, 6) is -0.715. The highest BCUT2D eigenvalue weighted by molar-refractivity contribution is 5.89. The molecule has 0 saturated heterocycles. The van der Waals surface area contributed by atoms with Gasteiger partial charge in [-0.2, -0.15) is 5.10 Å². The van der Waals surface area contributed by atoms with Crippen molar-refractivity contribution < 1.29 is 9.18 Å². The van der Waals surface area contributed by atoms with Gasteiger partial charge >= 0.3 is 0 Å². The van der Waals surface area contributed by atoms with Crippen LogP contribution < -0.4 is 5.32 Å². The number of aromatic nitrogens is 4. The van der Waals surface area contributed by atoms with Crippen molar-refractivity contribution >= 4 is 17.2 Å². The molecule has 3 aromatic heterocycles. The number of carbonyl (C=O) groups is 1. The Morgan fingerprint density at radius 3 is 2.65 bits per heavy atom. The number of nitrogens with zero attached hydrogens (tertiary/aromatic N) is 4. The van der Waals surface area contributed by atoms with E-state index in [1.807, 2.05) is 18.2 Å². The van der Waals surface area contributed by atoms with Crippen LogP contribution in [-0.2, 0) is 4.79 Å². The Labute approximate surface area is 148 Å². The Bertz CT molecular complexity index is 1110. The van der Waals surface area contributed by atoms with E-state index in [1.54, 1.807) is 35.2 Å². The van der Waals surface area contributed by atoms with Gasteiger partial charge in [-0.3, -0.25) is 9.78 Å². The number of carbonyl (C=O) groups excluding carboxylic acids is 1. The largest absolute Gasteiger partial charge is 0.326 e. The molecule has 3 heterocycles. The SMILES string of the molecule is CC(=O)Nc1cc(F)cc(-c2ccc3ncc(-c4ccncc4)n3n2)c1. The minimum Gasteiger partial charge on any atom is -0.326 e. The zero-order chi connectivity index (χ0) is 18.1. The van der Waals surface area contributed by atoms with Crippen molar-refractivity contribution in [3.63, 3.8) is 0 Å². The highest BCUT2D eigenvalue weighted by atomic mass is 19.1. The van der Waals surface area contributed by atoms with Crippen LogP contribution in [0.1, 0.15) is 6.92 Å². The minimum atomic E-state index is -0.451. The van der Waals surface area contributed by atoms with Crippen molar-refractivity contribution in [1.82, 2.24) is 19.6 Å². The molecule has 1 N–H and O–H groups in total. The maximum Gasteiger partial charge on any atom is 0.221 e. The maximum atomic E-state index is 14.0. The molecule has 0 aliphatic rings. The van der Waals surface area contributed by atoms with Crippen molar-refractivity contribution in [2.75, 3.05) is 5.32 Å². The Morgan fingerprint density at radius 1 is 1.08 bits per heavy atom. The molecule has 0 aliphatic carbocycles. The van der Waals surface area contributed by atoms with Gasteiger partial charge in [0.05, 0.1) is 17.6 Å². The molecule has 4 aromatic rings. The van der Waals surface area contributed by atoms with Crippen molar-refractivity contribution in [2.24, 2.45) is 0 Å².